The molecule has 2 aromatic carbocycles. The summed E-state index contributed by atoms with van der Waals surface area (Å²) in [5.41, 5.74) is 1.61. The molecule has 0 atom stereocenters. The molecule has 0 fully saturated rings. The molecule has 3 rings (SSSR count). The second kappa shape index (κ2) is 7.13. The number of para-hydroxylation sites is 1. The first kappa shape index (κ1) is 19.1. The number of hydrogen-bond acceptors (Lipinski definition) is 5. The number of fused-ring (bicyclic) bond motifs is 1. The summed E-state index contributed by atoms with van der Waals surface area (Å²) in [6, 6.07) is 10.2. The predicted molar refractivity (Wildman–Crippen MR) is 103 cm³/mol. The van der Waals surface area contributed by atoms with Gasteiger partial charge in [0.15, 0.2) is 0 Å². The Labute approximate surface area is 157 Å². The van der Waals surface area contributed by atoms with E-state index in [0.29, 0.717) is 28.0 Å². The standard InChI is InChI=1S/C19H21N3O4S/c1-12-10-17(13(2)9-16(12)26-4)27(24,25)20-11-18-21-15-8-6-5-7-14(15)19(23)22(18)3/h5-10,20H,11H2,1-4H3. The summed E-state index contributed by atoms with van der Waals surface area (Å²) >= 11 is 0. The van der Waals surface area contributed by atoms with E-state index in [-0.39, 0.29) is 17.0 Å². The fourth-order valence-corrected chi connectivity index (χ4v) is 4.22. The normalized spacial score (nSPS) is 11.7. The highest BCUT2D eigenvalue weighted by Crippen LogP contribution is 2.25. The van der Waals surface area contributed by atoms with Crippen LogP contribution in [0.1, 0.15) is 17.0 Å². The van der Waals surface area contributed by atoms with Crippen molar-refractivity contribution in [3.8, 4) is 5.75 Å². The molecule has 27 heavy (non-hydrogen) atoms. The largest absolute Gasteiger partial charge is 0.496 e. The van der Waals surface area contributed by atoms with Crippen molar-refractivity contribution in [1.82, 2.24) is 14.3 Å². The van der Waals surface area contributed by atoms with Crippen molar-refractivity contribution in [2.75, 3.05) is 7.11 Å². The molecule has 0 aliphatic carbocycles. The fraction of sp³-hybridized carbons (Fsp3) is 0.263. The van der Waals surface area contributed by atoms with Crippen LogP contribution in [0.25, 0.3) is 10.9 Å². The van der Waals surface area contributed by atoms with Gasteiger partial charge in [0.1, 0.15) is 11.6 Å². The van der Waals surface area contributed by atoms with E-state index in [9.17, 15) is 13.2 Å². The minimum Gasteiger partial charge on any atom is -0.496 e. The van der Waals surface area contributed by atoms with Crippen LogP contribution >= 0.6 is 0 Å². The number of rotatable bonds is 5. The lowest BCUT2D eigenvalue weighted by atomic mass is 10.1. The number of ether oxygens (including phenoxy) is 1. The van der Waals surface area contributed by atoms with E-state index in [0.717, 1.165) is 5.56 Å². The van der Waals surface area contributed by atoms with Gasteiger partial charge in [-0.15, -0.1) is 0 Å². The summed E-state index contributed by atoms with van der Waals surface area (Å²) in [7, 11) is -0.661. The quantitative estimate of drug-likeness (QED) is 0.723. The van der Waals surface area contributed by atoms with Gasteiger partial charge in [0.2, 0.25) is 10.0 Å². The Kier molecular flexibility index (Phi) is 5.03. The Morgan fingerprint density at radius 2 is 1.85 bits per heavy atom. The first-order valence-electron chi connectivity index (χ1n) is 8.34. The van der Waals surface area contributed by atoms with Crippen LogP contribution in [0.4, 0.5) is 0 Å². The Balaban J connectivity index is 1.95. The molecule has 142 valence electrons. The van der Waals surface area contributed by atoms with Crippen LogP contribution in [-0.2, 0) is 23.6 Å². The molecule has 7 nitrogen and oxygen atoms in total. The molecule has 0 spiro atoms. The van der Waals surface area contributed by atoms with Gasteiger partial charge in [-0.1, -0.05) is 12.1 Å². The molecule has 8 heteroatoms. The minimum absolute atomic E-state index is 0.0938. The maximum Gasteiger partial charge on any atom is 0.261 e. The number of nitrogens with zero attached hydrogens (tertiary/aromatic N) is 2. The number of hydrogen-bond donors (Lipinski definition) is 1. The summed E-state index contributed by atoms with van der Waals surface area (Å²) < 4.78 is 34.7. The van der Waals surface area contributed by atoms with Crippen molar-refractivity contribution < 1.29 is 13.2 Å². The second-order valence-corrected chi connectivity index (χ2v) is 8.06. The maximum atomic E-state index is 12.8. The van der Waals surface area contributed by atoms with Crippen molar-refractivity contribution in [2.24, 2.45) is 7.05 Å². The monoisotopic (exact) mass is 387 g/mol. The summed E-state index contributed by atoms with van der Waals surface area (Å²) in [4.78, 5) is 17.0. The molecule has 1 aromatic heterocycles. The highest BCUT2D eigenvalue weighted by atomic mass is 32.2. The highest BCUT2D eigenvalue weighted by Gasteiger charge is 2.20. The van der Waals surface area contributed by atoms with Gasteiger partial charge < -0.3 is 4.74 Å². The zero-order valence-electron chi connectivity index (χ0n) is 15.6. The zero-order chi connectivity index (χ0) is 19.8. The van der Waals surface area contributed by atoms with Crippen molar-refractivity contribution in [2.45, 2.75) is 25.3 Å². The van der Waals surface area contributed by atoms with Gasteiger partial charge in [-0.2, -0.15) is 0 Å². The second-order valence-electron chi connectivity index (χ2n) is 6.32. The third-order valence-corrected chi connectivity index (χ3v) is 6.02. The Bertz CT molecular complexity index is 1180. The van der Waals surface area contributed by atoms with Gasteiger partial charge in [0.05, 0.1) is 29.5 Å². The minimum atomic E-state index is -3.78. The number of sulfonamides is 1. The molecular weight excluding hydrogens is 366 g/mol. The van der Waals surface area contributed by atoms with Crippen molar-refractivity contribution in [3.63, 3.8) is 0 Å². The molecule has 0 saturated carbocycles. The molecular formula is C19H21N3O4S. The highest BCUT2D eigenvalue weighted by molar-refractivity contribution is 7.89. The Hall–Kier alpha value is -2.71. The molecule has 0 bridgehead atoms. The zero-order valence-corrected chi connectivity index (χ0v) is 16.4. The summed E-state index contributed by atoms with van der Waals surface area (Å²) in [6.45, 7) is 3.40. The van der Waals surface area contributed by atoms with E-state index < -0.39 is 10.0 Å². The van der Waals surface area contributed by atoms with E-state index >= 15 is 0 Å². The van der Waals surface area contributed by atoms with Gasteiger partial charge in [0, 0.05) is 7.05 Å². The van der Waals surface area contributed by atoms with Crippen LogP contribution in [0.5, 0.6) is 5.75 Å². The van der Waals surface area contributed by atoms with Crippen molar-refractivity contribution in [3.05, 3.63) is 63.7 Å². The number of aromatic nitrogens is 2. The lowest BCUT2D eigenvalue weighted by Gasteiger charge is -2.14. The summed E-state index contributed by atoms with van der Waals surface area (Å²) in [5, 5.41) is 0.494. The van der Waals surface area contributed by atoms with E-state index in [4.69, 9.17) is 4.74 Å². The van der Waals surface area contributed by atoms with Crippen molar-refractivity contribution in [1.29, 1.82) is 0 Å². The Morgan fingerprint density at radius 1 is 1.15 bits per heavy atom. The van der Waals surface area contributed by atoms with Gasteiger partial charge in [-0.05, 0) is 49.2 Å². The SMILES string of the molecule is COc1cc(C)c(S(=O)(=O)NCc2nc3ccccc3c(=O)n2C)cc1C. The number of nitrogens with one attached hydrogen (secondary N) is 1. The fourth-order valence-electron chi connectivity index (χ4n) is 2.93. The first-order valence-corrected chi connectivity index (χ1v) is 9.82. The van der Waals surface area contributed by atoms with Crippen LogP contribution < -0.4 is 15.0 Å². The van der Waals surface area contributed by atoms with E-state index in [2.05, 4.69) is 9.71 Å². The number of aryl methyl sites for hydroxylation is 2. The molecule has 3 aromatic rings. The molecule has 0 amide bonds. The molecule has 1 N–H and O–H groups in total. The molecule has 0 radical (unpaired) electrons. The number of methoxy groups -OCH3 is 1. The summed E-state index contributed by atoms with van der Waals surface area (Å²) in [5.74, 6) is 0.968. The molecule has 0 saturated heterocycles. The molecule has 1 heterocycles. The first-order chi connectivity index (χ1) is 12.7. The lowest BCUT2D eigenvalue weighted by Crippen LogP contribution is -2.30. The molecule has 0 aliphatic heterocycles. The van der Waals surface area contributed by atoms with Crippen LogP contribution in [-0.4, -0.2) is 25.1 Å². The van der Waals surface area contributed by atoms with Gasteiger partial charge in [0.25, 0.3) is 5.56 Å². The van der Waals surface area contributed by atoms with Gasteiger partial charge >= 0.3 is 0 Å². The molecule has 0 aliphatic rings. The van der Waals surface area contributed by atoms with E-state index in [1.807, 2.05) is 0 Å². The van der Waals surface area contributed by atoms with Crippen LogP contribution in [0.15, 0.2) is 46.1 Å². The molecule has 0 unspecified atom stereocenters. The maximum absolute atomic E-state index is 12.8. The third-order valence-electron chi connectivity index (χ3n) is 4.48. The van der Waals surface area contributed by atoms with Crippen LogP contribution in [0.2, 0.25) is 0 Å². The summed E-state index contributed by atoms with van der Waals surface area (Å²) in [6.07, 6.45) is 0. The van der Waals surface area contributed by atoms with E-state index in [1.54, 1.807) is 64.4 Å². The van der Waals surface area contributed by atoms with Crippen LogP contribution in [0.3, 0.4) is 0 Å². The number of benzene rings is 2. The van der Waals surface area contributed by atoms with Gasteiger partial charge in [-0.25, -0.2) is 18.1 Å². The third kappa shape index (κ3) is 3.58. The topological polar surface area (TPSA) is 90.3 Å². The smallest absolute Gasteiger partial charge is 0.261 e. The predicted octanol–water partition coefficient (Wildman–Crippen LogP) is 2.04. The van der Waals surface area contributed by atoms with Gasteiger partial charge in [-0.3, -0.25) is 9.36 Å². The average Bonchev–Trinajstić information content (AvgIpc) is 2.65. The average molecular weight is 387 g/mol. The lowest BCUT2D eigenvalue weighted by molar-refractivity contribution is 0.411. The van der Waals surface area contributed by atoms with Crippen LogP contribution in [0, 0.1) is 13.8 Å². The Morgan fingerprint density at radius 3 is 2.56 bits per heavy atom. The van der Waals surface area contributed by atoms with Crippen molar-refractivity contribution >= 4 is 20.9 Å². The van der Waals surface area contributed by atoms with E-state index in [1.165, 1.54) is 4.57 Å².